The van der Waals surface area contributed by atoms with E-state index in [1.807, 2.05) is 0 Å². The molecule has 0 unspecified atom stereocenters. The minimum atomic E-state index is -5.10. The van der Waals surface area contributed by atoms with Crippen molar-refractivity contribution < 1.29 is 31.5 Å². The van der Waals surface area contributed by atoms with Gasteiger partial charge in [0.1, 0.15) is 9.39 Å². The van der Waals surface area contributed by atoms with Gasteiger partial charge in [-0.3, -0.25) is 4.79 Å². The van der Waals surface area contributed by atoms with Crippen molar-refractivity contribution in [3.8, 4) is 5.75 Å². The van der Waals surface area contributed by atoms with E-state index in [9.17, 15) is 26.7 Å². The minimum absolute atomic E-state index is 0.158. The predicted octanol–water partition coefficient (Wildman–Crippen LogP) is 3.33. The molecule has 0 aliphatic rings. The van der Waals surface area contributed by atoms with Gasteiger partial charge in [0, 0.05) is 0 Å². The summed E-state index contributed by atoms with van der Waals surface area (Å²) in [7, 11) is 0. The number of hydrogen-bond donors (Lipinski definition) is 0. The van der Waals surface area contributed by atoms with Gasteiger partial charge in [-0.1, -0.05) is 0 Å². The topological polar surface area (TPSA) is 39.2 Å². The first-order valence-corrected chi connectivity index (χ1v) is 5.02. The van der Waals surface area contributed by atoms with Gasteiger partial charge in [0.25, 0.3) is 6.43 Å². The van der Waals surface area contributed by atoms with E-state index < -0.39 is 27.8 Å². The number of hydrogen-bond acceptors (Lipinski definition) is 3. The second-order valence-corrected chi connectivity index (χ2v) is 3.74. The number of rotatable bonds is 3. The fourth-order valence-corrected chi connectivity index (χ4v) is 1.68. The molecule has 0 N–H and O–H groups in total. The lowest BCUT2D eigenvalue weighted by atomic mass is 10.2. The van der Waals surface area contributed by atoms with Crippen LogP contribution in [0.5, 0.6) is 5.75 Å². The number of ether oxygens (including phenoxy) is 1. The van der Waals surface area contributed by atoms with E-state index >= 15 is 0 Å². The van der Waals surface area contributed by atoms with Crippen molar-refractivity contribution in [2.24, 2.45) is 0 Å². The molecule has 0 radical (unpaired) electrons. The lowest BCUT2D eigenvalue weighted by Gasteiger charge is -2.14. The Morgan fingerprint density at radius 1 is 1.41 bits per heavy atom. The van der Waals surface area contributed by atoms with Gasteiger partial charge in [0.05, 0.1) is 5.56 Å². The van der Waals surface area contributed by atoms with Crippen LogP contribution < -0.4 is 4.74 Å². The third kappa shape index (κ3) is 3.75. The van der Waals surface area contributed by atoms with E-state index in [0.29, 0.717) is 6.07 Å². The first kappa shape index (κ1) is 14.1. The van der Waals surface area contributed by atoms with Crippen LogP contribution >= 0.6 is 22.6 Å². The molecule has 0 atom stereocenters. The zero-order chi connectivity index (χ0) is 13.2. The fourth-order valence-electron chi connectivity index (χ4n) is 0.980. The molecule has 0 amide bonds. The van der Waals surface area contributed by atoms with E-state index in [-0.39, 0.29) is 12.0 Å². The first-order chi connectivity index (χ1) is 7.74. The number of aromatic nitrogens is 1. The standard InChI is InChI=1S/C8H3F5INO2/c9-6(10)4-1-3(2-16)15-7(14)5(4)17-8(11,12)13/h1-2,6H. The Morgan fingerprint density at radius 2 is 2.00 bits per heavy atom. The maximum atomic E-state index is 12.5. The quantitative estimate of drug-likeness (QED) is 0.356. The number of aldehydes is 1. The summed E-state index contributed by atoms with van der Waals surface area (Å²) >= 11 is 1.28. The van der Waals surface area contributed by atoms with E-state index in [1.165, 1.54) is 22.6 Å². The molecule has 0 aliphatic carbocycles. The highest BCUT2D eigenvalue weighted by molar-refractivity contribution is 14.1. The average molecular weight is 367 g/mol. The van der Waals surface area contributed by atoms with E-state index in [4.69, 9.17) is 0 Å². The minimum Gasteiger partial charge on any atom is -0.402 e. The molecule has 0 aromatic carbocycles. The summed E-state index contributed by atoms with van der Waals surface area (Å²) in [6.07, 6.45) is -8.15. The molecular formula is C8H3F5INO2. The molecule has 17 heavy (non-hydrogen) atoms. The second kappa shape index (κ2) is 5.10. The first-order valence-electron chi connectivity index (χ1n) is 3.94. The number of alkyl halides is 5. The van der Waals surface area contributed by atoms with E-state index in [0.717, 1.165) is 0 Å². The Kier molecular flexibility index (Phi) is 4.22. The smallest absolute Gasteiger partial charge is 0.402 e. The van der Waals surface area contributed by atoms with Gasteiger partial charge in [0.15, 0.2) is 12.0 Å². The van der Waals surface area contributed by atoms with Gasteiger partial charge in [0.2, 0.25) is 0 Å². The summed E-state index contributed by atoms with van der Waals surface area (Å²) < 4.78 is 63.9. The van der Waals surface area contributed by atoms with Gasteiger partial charge >= 0.3 is 6.36 Å². The van der Waals surface area contributed by atoms with Crippen LogP contribution in [-0.4, -0.2) is 17.6 Å². The zero-order valence-corrected chi connectivity index (χ0v) is 9.92. The van der Waals surface area contributed by atoms with Gasteiger partial charge in [-0.2, -0.15) is 0 Å². The molecule has 94 valence electrons. The summed E-state index contributed by atoms with van der Waals surface area (Å²) in [5, 5.41) is 0. The number of pyridine rings is 1. The van der Waals surface area contributed by atoms with Crippen LogP contribution in [0.1, 0.15) is 22.5 Å². The van der Waals surface area contributed by atoms with Crippen LogP contribution in [-0.2, 0) is 0 Å². The van der Waals surface area contributed by atoms with Crippen LogP contribution in [0.3, 0.4) is 0 Å². The maximum Gasteiger partial charge on any atom is 0.573 e. The highest BCUT2D eigenvalue weighted by Gasteiger charge is 2.35. The summed E-state index contributed by atoms with van der Waals surface area (Å²) in [5.74, 6) is -1.08. The molecule has 0 saturated carbocycles. The van der Waals surface area contributed by atoms with Gasteiger partial charge in [-0.05, 0) is 28.7 Å². The second-order valence-electron chi connectivity index (χ2n) is 2.72. The summed E-state index contributed by atoms with van der Waals surface area (Å²) in [5.41, 5.74) is -1.41. The van der Waals surface area contributed by atoms with Crippen LogP contribution in [0.15, 0.2) is 6.07 Å². The lowest BCUT2D eigenvalue weighted by molar-refractivity contribution is -0.275. The molecule has 1 aromatic heterocycles. The number of carbonyl (C=O) groups excluding carboxylic acids is 1. The van der Waals surface area contributed by atoms with Crippen LogP contribution in [0.2, 0.25) is 0 Å². The van der Waals surface area contributed by atoms with Crippen molar-refractivity contribution in [1.82, 2.24) is 4.98 Å². The lowest BCUT2D eigenvalue weighted by Crippen LogP contribution is -2.19. The third-order valence-corrected chi connectivity index (χ3v) is 2.28. The summed E-state index contributed by atoms with van der Waals surface area (Å²) in [6.45, 7) is 0. The SMILES string of the molecule is O=Cc1cc(C(F)F)c(OC(F)(F)F)c(I)n1. The van der Waals surface area contributed by atoms with Crippen molar-refractivity contribution in [3.63, 3.8) is 0 Å². The molecule has 0 bridgehead atoms. The maximum absolute atomic E-state index is 12.5. The largest absolute Gasteiger partial charge is 0.573 e. The van der Waals surface area contributed by atoms with Crippen molar-refractivity contribution in [2.45, 2.75) is 12.8 Å². The monoisotopic (exact) mass is 367 g/mol. The van der Waals surface area contributed by atoms with Gasteiger partial charge < -0.3 is 4.74 Å². The Bertz CT molecular complexity index is 435. The Labute approximate surface area is 105 Å². The zero-order valence-electron chi connectivity index (χ0n) is 7.76. The Morgan fingerprint density at radius 3 is 2.41 bits per heavy atom. The van der Waals surface area contributed by atoms with Crippen LogP contribution in [0, 0.1) is 3.70 Å². The highest BCUT2D eigenvalue weighted by Crippen LogP contribution is 2.35. The third-order valence-electron chi connectivity index (χ3n) is 1.55. The normalized spacial score (nSPS) is 11.7. The molecule has 0 saturated heterocycles. The number of nitrogens with zero attached hydrogens (tertiary/aromatic N) is 1. The van der Waals surface area contributed by atoms with Gasteiger partial charge in [-0.25, -0.2) is 13.8 Å². The number of carbonyl (C=O) groups is 1. The van der Waals surface area contributed by atoms with Crippen LogP contribution in [0.25, 0.3) is 0 Å². The fraction of sp³-hybridized carbons (Fsp3) is 0.250. The molecule has 1 heterocycles. The highest BCUT2D eigenvalue weighted by atomic mass is 127. The molecular weight excluding hydrogens is 364 g/mol. The van der Waals surface area contributed by atoms with E-state index in [2.05, 4.69) is 9.72 Å². The predicted molar refractivity (Wildman–Crippen MR) is 54.0 cm³/mol. The van der Waals surface area contributed by atoms with Crippen LogP contribution in [0.4, 0.5) is 22.0 Å². The summed E-state index contributed by atoms with van der Waals surface area (Å²) in [4.78, 5) is 13.7. The van der Waals surface area contributed by atoms with Crippen molar-refractivity contribution in [3.05, 3.63) is 21.0 Å². The van der Waals surface area contributed by atoms with Crippen molar-refractivity contribution in [1.29, 1.82) is 0 Å². The average Bonchev–Trinajstić information content (AvgIpc) is 2.18. The van der Waals surface area contributed by atoms with Crippen molar-refractivity contribution in [2.75, 3.05) is 0 Å². The van der Waals surface area contributed by atoms with Gasteiger partial charge in [-0.15, -0.1) is 13.2 Å². The molecule has 0 spiro atoms. The van der Waals surface area contributed by atoms with Crippen molar-refractivity contribution >= 4 is 28.9 Å². The molecule has 0 fully saturated rings. The molecule has 1 rings (SSSR count). The van der Waals surface area contributed by atoms with E-state index in [1.54, 1.807) is 0 Å². The summed E-state index contributed by atoms with van der Waals surface area (Å²) in [6, 6.07) is 0.556. The Hall–Kier alpha value is -1.00. The number of halogens is 6. The molecule has 9 heteroatoms. The molecule has 1 aromatic rings. The molecule has 0 aliphatic heterocycles. The molecule has 3 nitrogen and oxygen atoms in total. The Balaban J connectivity index is 3.31.